The van der Waals surface area contributed by atoms with Crippen molar-refractivity contribution in [1.82, 2.24) is 4.68 Å². The lowest BCUT2D eigenvalue weighted by Crippen LogP contribution is -2.25. The summed E-state index contributed by atoms with van der Waals surface area (Å²) in [6.07, 6.45) is 0. The highest BCUT2D eigenvalue weighted by atomic mass is 32.1. The van der Waals surface area contributed by atoms with Crippen molar-refractivity contribution in [3.05, 3.63) is 52.1 Å². The molecule has 0 fully saturated rings. The number of aromatic nitrogens is 1. The first-order chi connectivity index (χ1) is 15.6. The fourth-order valence-corrected chi connectivity index (χ4v) is 4.45. The van der Waals surface area contributed by atoms with Gasteiger partial charge in [0.2, 0.25) is 4.80 Å². The molecule has 1 amide bonds. The van der Waals surface area contributed by atoms with Crippen LogP contribution in [-0.2, 0) is 4.79 Å². The van der Waals surface area contributed by atoms with Crippen molar-refractivity contribution in [2.24, 2.45) is 10.1 Å². The Morgan fingerprint density at radius 2 is 1.91 bits per heavy atom. The normalized spacial score (nSPS) is 15.8. The molecule has 0 radical (unpaired) electrons. The molecule has 2 aliphatic rings. The van der Waals surface area contributed by atoms with E-state index in [-0.39, 0.29) is 12.5 Å². The smallest absolute Gasteiger partial charge is 0.262 e. The van der Waals surface area contributed by atoms with Gasteiger partial charge in [0.15, 0.2) is 18.1 Å². The van der Waals surface area contributed by atoms with Gasteiger partial charge in [-0.3, -0.25) is 9.79 Å². The van der Waals surface area contributed by atoms with Crippen LogP contribution in [0.2, 0.25) is 0 Å². The number of ether oxygens (including phenoxy) is 3. The number of hydrogen-bond acceptors (Lipinski definition) is 7. The third-order valence-corrected chi connectivity index (χ3v) is 5.95. The molecular formula is C23H22N4O4S. The summed E-state index contributed by atoms with van der Waals surface area (Å²) < 4.78 is 18.7. The highest BCUT2D eigenvalue weighted by Gasteiger charge is 2.18. The molecular weight excluding hydrogens is 428 g/mol. The van der Waals surface area contributed by atoms with Gasteiger partial charge in [0, 0.05) is 23.1 Å². The van der Waals surface area contributed by atoms with E-state index in [1.54, 1.807) is 0 Å². The summed E-state index contributed by atoms with van der Waals surface area (Å²) in [6, 6.07) is 11.5. The summed E-state index contributed by atoms with van der Waals surface area (Å²) in [5.74, 6) is 1.96. The van der Waals surface area contributed by atoms with Crippen molar-refractivity contribution < 1.29 is 19.0 Å². The lowest BCUT2D eigenvalue weighted by molar-refractivity contribution is -0.118. The van der Waals surface area contributed by atoms with Crippen LogP contribution in [0.15, 0.2) is 51.9 Å². The molecule has 164 valence electrons. The summed E-state index contributed by atoms with van der Waals surface area (Å²) >= 11 is 1.52. The minimum absolute atomic E-state index is 0.0311. The monoisotopic (exact) mass is 450 g/mol. The molecule has 1 N–H and O–H groups in total. The molecule has 32 heavy (non-hydrogen) atoms. The molecule has 9 heteroatoms. The summed E-state index contributed by atoms with van der Waals surface area (Å²) in [6.45, 7) is 5.72. The van der Waals surface area contributed by atoms with E-state index >= 15 is 0 Å². The van der Waals surface area contributed by atoms with Crippen LogP contribution >= 0.6 is 11.3 Å². The van der Waals surface area contributed by atoms with E-state index in [9.17, 15) is 4.79 Å². The maximum atomic E-state index is 11.7. The lowest BCUT2D eigenvalue weighted by atomic mass is 10.1. The minimum Gasteiger partial charge on any atom is -0.486 e. The van der Waals surface area contributed by atoms with E-state index in [1.165, 1.54) is 11.3 Å². The molecule has 1 aromatic heterocycles. The van der Waals surface area contributed by atoms with E-state index in [4.69, 9.17) is 19.3 Å². The average Bonchev–Trinajstić information content (AvgIpc) is 3.20. The van der Waals surface area contributed by atoms with Crippen LogP contribution < -0.4 is 24.3 Å². The fourth-order valence-electron chi connectivity index (χ4n) is 3.56. The maximum Gasteiger partial charge on any atom is 0.262 e. The molecule has 3 aromatic rings. The predicted octanol–water partition coefficient (Wildman–Crippen LogP) is 3.51. The van der Waals surface area contributed by atoms with E-state index < -0.39 is 0 Å². The number of amides is 1. The molecule has 3 heterocycles. The summed E-state index contributed by atoms with van der Waals surface area (Å²) in [5.41, 5.74) is 4.18. The van der Waals surface area contributed by atoms with Crippen LogP contribution in [0.4, 0.5) is 5.69 Å². The number of carbonyl (C=O) groups is 1. The molecule has 8 nitrogen and oxygen atoms in total. The van der Waals surface area contributed by atoms with Crippen LogP contribution in [0.3, 0.4) is 0 Å². The van der Waals surface area contributed by atoms with Crippen LogP contribution in [-0.4, -0.2) is 42.7 Å². The molecule has 0 bridgehead atoms. The second-order valence-corrected chi connectivity index (χ2v) is 8.12. The summed E-state index contributed by atoms with van der Waals surface area (Å²) in [7, 11) is 0. The zero-order valence-electron chi connectivity index (χ0n) is 17.8. The van der Waals surface area contributed by atoms with Gasteiger partial charge in [-0.2, -0.15) is 5.10 Å². The number of fused-ring (bicyclic) bond motifs is 2. The van der Waals surface area contributed by atoms with Gasteiger partial charge in [-0.25, -0.2) is 4.68 Å². The average molecular weight is 451 g/mol. The van der Waals surface area contributed by atoms with Gasteiger partial charge in [-0.15, -0.1) is 11.3 Å². The van der Waals surface area contributed by atoms with Crippen LogP contribution in [0.5, 0.6) is 17.2 Å². The number of thiazole rings is 1. The Bertz CT molecular complexity index is 1290. The van der Waals surface area contributed by atoms with E-state index in [0.29, 0.717) is 31.2 Å². The summed E-state index contributed by atoms with van der Waals surface area (Å²) in [5, 5.41) is 9.77. The van der Waals surface area contributed by atoms with Gasteiger partial charge < -0.3 is 19.5 Å². The Kier molecular flexibility index (Phi) is 5.40. The first kappa shape index (κ1) is 20.3. The molecule has 2 aromatic carbocycles. The quantitative estimate of drug-likeness (QED) is 0.617. The van der Waals surface area contributed by atoms with E-state index in [1.807, 2.05) is 60.3 Å². The number of carbonyl (C=O) groups excluding carboxylic acids is 1. The highest BCUT2D eigenvalue weighted by molar-refractivity contribution is 7.07. The second kappa shape index (κ2) is 8.51. The zero-order chi connectivity index (χ0) is 22.1. The third-order valence-electron chi connectivity index (χ3n) is 5.10. The van der Waals surface area contributed by atoms with Gasteiger partial charge in [0.25, 0.3) is 5.91 Å². The molecule has 0 atom stereocenters. The molecule has 0 aliphatic carbocycles. The lowest BCUT2D eigenvalue weighted by Gasteiger charge is -2.19. The topological polar surface area (TPSA) is 86.4 Å². The first-order valence-corrected chi connectivity index (χ1v) is 11.2. The molecule has 0 spiro atoms. The largest absolute Gasteiger partial charge is 0.486 e. The first-order valence-electron chi connectivity index (χ1n) is 10.4. The van der Waals surface area contributed by atoms with Crippen molar-refractivity contribution in [1.29, 1.82) is 0 Å². The van der Waals surface area contributed by atoms with Crippen molar-refractivity contribution >= 4 is 28.6 Å². The molecule has 5 rings (SSSR count). The standard InChI is InChI=1S/C23H22N4O4S/c1-3-24-23-27(26-14(2)15-4-7-20-21(11-15)30-9-8-29-20)18(13-32-23)16-5-6-19-17(10-16)25-22(28)12-31-19/h4-7,10-11,13H,3,8-9,12H2,1-2H3,(H,25,28). The van der Waals surface area contributed by atoms with Crippen molar-refractivity contribution in [3.8, 4) is 28.5 Å². The van der Waals surface area contributed by atoms with E-state index in [2.05, 4.69) is 10.3 Å². The Hall–Kier alpha value is -3.59. The number of hydrogen-bond donors (Lipinski definition) is 1. The number of benzene rings is 2. The maximum absolute atomic E-state index is 11.7. The van der Waals surface area contributed by atoms with E-state index in [0.717, 1.165) is 38.8 Å². The number of nitrogens with one attached hydrogen (secondary N) is 1. The molecule has 0 unspecified atom stereocenters. The summed E-state index contributed by atoms with van der Waals surface area (Å²) in [4.78, 5) is 17.1. The SMILES string of the molecule is CCN=c1scc(-c2ccc3c(c2)NC(=O)CO3)n1N=C(C)c1ccc2c(c1)OCCO2. The third kappa shape index (κ3) is 3.87. The Morgan fingerprint density at radius 1 is 1.09 bits per heavy atom. The molecule has 2 aliphatic heterocycles. The number of nitrogens with zero attached hydrogens (tertiary/aromatic N) is 3. The Balaban J connectivity index is 1.57. The van der Waals surface area contributed by atoms with Crippen LogP contribution in [0, 0.1) is 0 Å². The Morgan fingerprint density at radius 3 is 2.75 bits per heavy atom. The van der Waals surface area contributed by atoms with Gasteiger partial charge in [-0.05, 0) is 50.2 Å². The molecule has 0 saturated carbocycles. The van der Waals surface area contributed by atoms with Crippen LogP contribution in [0.1, 0.15) is 19.4 Å². The highest BCUT2D eigenvalue weighted by Crippen LogP contribution is 2.33. The second-order valence-electron chi connectivity index (χ2n) is 7.28. The van der Waals surface area contributed by atoms with Crippen LogP contribution in [0.25, 0.3) is 11.3 Å². The van der Waals surface area contributed by atoms with Crippen molar-refractivity contribution in [2.75, 3.05) is 31.7 Å². The van der Waals surface area contributed by atoms with Gasteiger partial charge in [-0.1, -0.05) is 0 Å². The van der Waals surface area contributed by atoms with Crippen molar-refractivity contribution in [2.45, 2.75) is 13.8 Å². The Labute approximate surface area is 188 Å². The predicted molar refractivity (Wildman–Crippen MR) is 123 cm³/mol. The van der Waals surface area contributed by atoms with Gasteiger partial charge >= 0.3 is 0 Å². The van der Waals surface area contributed by atoms with Crippen molar-refractivity contribution in [3.63, 3.8) is 0 Å². The van der Waals surface area contributed by atoms with Gasteiger partial charge in [0.1, 0.15) is 19.0 Å². The zero-order valence-corrected chi connectivity index (χ0v) is 18.6. The van der Waals surface area contributed by atoms with Gasteiger partial charge in [0.05, 0.1) is 17.1 Å². The number of anilines is 1. The number of rotatable bonds is 4. The molecule has 0 saturated heterocycles. The fraction of sp³-hybridized carbons (Fsp3) is 0.261. The minimum atomic E-state index is -0.165.